The summed E-state index contributed by atoms with van der Waals surface area (Å²) in [5.41, 5.74) is -0.0808. The van der Waals surface area contributed by atoms with Gasteiger partial charge in [0, 0.05) is 10.6 Å². The predicted octanol–water partition coefficient (Wildman–Crippen LogP) is 3.81. The first kappa shape index (κ1) is 20.4. The number of urea groups is 1. The van der Waals surface area contributed by atoms with E-state index >= 15 is 0 Å². The maximum Gasteiger partial charge on any atom is 0.335 e. The van der Waals surface area contributed by atoms with Gasteiger partial charge in [0.15, 0.2) is 0 Å². The summed E-state index contributed by atoms with van der Waals surface area (Å²) in [6.45, 7) is -0.113. The molecule has 0 unspecified atom stereocenters. The van der Waals surface area contributed by atoms with Crippen molar-refractivity contribution in [2.75, 3.05) is 11.5 Å². The molecule has 29 heavy (non-hydrogen) atoms. The lowest BCUT2D eigenvalue weighted by molar-refractivity contribution is -0.122. The summed E-state index contributed by atoms with van der Waals surface area (Å²) in [4.78, 5) is 38.1. The number of carbonyl (C=O) groups excluding carboxylic acids is 3. The van der Waals surface area contributed by atoms with E-state index in [1.165, 1.54) is 30.3 Å². The molecule has 1 N–H and O–H groups in total. The first-order valence-corrected chi connectivity index (χ1v) is 8.79. The first-order valence-electron chi connectivity index (χ1n) is 8.04. The minimum atomic E-state index is -0.961. The maximum atomic E-state index is 13.2. The van der Waals surface area contributed by atoms with Gasteiger partial charge in [0.05, 0.1) is 10.7 Å². The number of nitrogens with one attached hydrogen (secondary N) is 1. The summed E-state index contributed by atoms with van der Waals surface area (Å²) < 4.78 is 18.6. The SMILES string of the molecule is C#CCOc1c(Cl)cc(Cl)cc1/C=C1\C(=O)NC(=O)N(c2ccc(F)cc2)C1=O. The summed E-state index contributed by atoms with van der Waals surface area (Å²) >= 11 is 12.1. The van der Waals surface area contributed by atoms with Gasteiger partial charge < -0.3 is 4.74 Å². The lowest BCUT2D eigenvalue weighted by atomic mass is 10.1. The Hall–Kier alpha value is -3.34. The molecule has 1 saturated heterocycles. The highest BCUT2D eigenvalue weighted by Gasteiger charge is 2.37. The molecule has 1 heterocycles. The number of halogens is 3. The number of nitrogens with zero attached hydrogens (tertiary/aromatic N) is 1. The fourth-order valence-corrected chi connectivity index (χ4v) is 3.15. The van der Waals surface area contributed by atoms with Crippen LogP contribution in [0.1, 0.15) is 5.56 Å². The van der Waals surface area contributed by atoms with Gasteiger partial charge in [0.2, 0.25) is 0 Å². The molecule has 0 spiro atoms. The van der Waals surface area contributed by atoms with Crippen LogP contribution in [0.25, 0.3) is 6.08 Å². The Bertz CT molecular complexity index is 1090. The van der Waals surface area contributed by atoms with E-state index in [1.54, 1.807) is 0 Å². The number of hydrogen-bond donors (Lipinski definition) is 1. The second-order valence-electron chi connectivity index (χ2n) is 5.73. The van der Waals surface area contributed by atoms with Crippen molar-refractivity contribution < 1.29 is 23.5 Å². The fraction of sp³-hybridized carbons (Fsp3) is 0.0500. The molecule has 4 amide bonds. The molecular formula is C20H11Cl2FN2O4. The van der Waals surface area contributed by atoms with Crippen LogP contribution in [0.4, 0.5) is 14.9 Å². The Balaban J connectivity index is 2.08. The summed E-state index contributed by atoms with van der Waals surface area (Å²) in [5, 5.41) is 2.41. The number of terminal acetylenes is 1. The third kappa shape index (κ3) is 4.24. The number of rotatable bonds is 4. The van der Waals surface area contributed by atoms with Gasteiger partial charge in [-0.05, 0) is 42.5 Å². The third-order valence-electron chi connectivity index (χ3n) is 3.82. The standard InChI is InChI=1S/C20H11Cl2FN2O4/c1-2-7-29-17-11(8-12(21)10-16(17)22)9-15-18(26)24-20(28)25(19(15)27)14-5-3-13(23)4-6-14/h1,3-6,8-10H,7H2,(H,24,26,28)/b15-9+. The molecule has 0 bridgehead atoms. The average Bonchev–Trinajstić information content (AvgIpc) is 2.65. The first-order chi connectivity index (χ1) is 13.8. The van der Waals surface area contributed by atoms with Crippen molar-refractivity contribution in [3.63, 3.8) is 0 Å². The van der Waals surface area contributed by atoms with Gasteiger partial charge in [-0.25, -0.2) is 14.1 Å². The van der Waals surface area contributed by atoms with Crippen molar-refractivity contribution in [3.05, 3.63) is 63.4 Å². The highest BCUT2D eigenvalue weighted by molar-refractivity contribution is 6.40. The minimum Gasteiger partial charge on any atom is -0.479 e. The molecule has 146 valence electrons. The van der Waals surface area contributed by atoms with E-state index in [0.29, 0.717) is 4.90 Å². The summed E-state index contributed by atoms with van der Waals surface area (Å²) in [7, 11) is 0. The van der Waals surface area contributed by atoms with Gasteiger partial charge >= 0.3 is 6.03 Å². The average molecular weight is 433 g/mol. The predicted molar refractivity (Wildman–Crippen MR) is 106 cm³/mol. The number of anilines is 1. The normalized spacial score (nSPS) is 15.3. The van der Waals surface area contributed by atoms with Crippen LogP contribution in [0.3, 0.4) is 0 Å². The van der Waals surface area contributed by atoms with Crippen LogP contribution < -0.4 is 15.0 Å². The molecule has 1 aliphatic rings. The molecule has 0 aromatic heterocycles. The van der Waals surface area contributed by atoms with Gasteiger partial charge in [-0.2, -0.15) is 0 Å². The van der Waals surface area contributed by atoms with Crippen molar-refractivity contribution in [2.24, 2.45) is 0 Å². The summed E-state index contributed by atoms with van der Waals surface area (Å²) in [5.74, 6) is 0.0203. The molecule has 2 aromatic carbocycles. The van der Waals surface area contributed by atoms with Gasteiger partial charge in [0.25, 0.3) is 11.8 Å². The fourth-order valence-electron chi connectivity index (χ4n) is 2.59. The zero-order valence-corrected chi connectivity index (χ0v) is 16.1. The van der Waals surface area contributed by atoms with E-state index < -0.39 is 23.7 Å². The largest absolute Gasteiger partial charge is 0.479 e. The smallest absolute Gasteiger partial charge is 0.335 e. The van der Waals surface area contributed by atoms with Crippen molar-refractivity contribution in [3.8, 4) is 18.1 Å². The number of barbiturate groups is 1. The van der Waals surface area contributed by atoms with Crippen LogP contribution in [-0.2, 0) is 9.59 Å². The Morgan fingerprint density at radius 3 is 2.52 bits per heavy atom. The number of imide groups is 2. The molecule has 0 aliphatic carbocycles. The number of ether oxygens (including phenoxy) is 1. The van der Waals surface area contributed by atoms with E-state index in [9.17, 15) is 18.8 Å². The van der Waals surface area contributed by atoms with Crippen molar-refractivity contribution in [2.45, 2.75) is 0 Å². The molecule has 0 atom stereocenters. The van der Waals surface area contributed by atoms with Crippen LogP contribution in [0.5, 0.6) is 5.75 Å². The van der Waals surface area contributed by atoms with Gasteiger partial charge in [-0.3, -0.25) is 14.9 Å². The summed E-state index contributed by atoms with van der Waals surface area (Å²) in [6.07, 6.45) is 6.38. The van der Waals surface area contributed by atoms with Gasteiger partial charge in [-0.15, -0.1) is 6.42 Å². The molecule has 3 rings (SSSR count). The van der Waals surface area contributed by atoms with Crippen molar-refractivity contribution in [1.82, 2.24) is 5.32 Å². The highest BCUT2D eigenvalue weighted by Crippen LogP contribution is 2.34. The topological polar surface area (TPSA) is 75.7 Å². The van der Waals surface area contributed by atoms with E-state index in [1.807, 2.05) is 0 Å². The molecule has 0 radical (unpaired) electrons. The zero-order valence-electron chi connectivity index (χ0n) is 14.5. The Kier molecular flexibility index (Phi) is 5.87. The molecular weight excluding hydrogens is 422 g/mol. The summed E-state index contributed by atoms with van der Waals surface area (Å²) in [6, 6.07) is 6.50. The second-order valence-corrected chi connectivity index (χ2v) is 6.58. The number of hydrogen-bond acceptors (Lipinski definition) is 4. The zero-order chi connectivity index (χ0) is 21.1. The number of carbonyl (C=O) groups is 3. The maximum absolute atomic E-state index is 13.2. The highest BCUT2D eigenvalue weighted by atomic mass is 35.5. The monoisotopic (exact) mass is 432 g/mol. The Morgan fingerprint density at radius 1 is 1.17 bits per heavy atom. The molecule has 2 aromatic rings. The van der Waals surface area contributed by atoms with Crippen LogP contribution in [0, 0.1) is 18.2 Å². The van der Waals surface area contributed by atoms with Crippen LogP contribution in [0.15, 0.2) is 42.0 Å². The Labute approximate surface area is 174 Å². The van der Waals surface area contributed by atoms with E-state index in [-0.39, 0.29) is 39.2 Å². The van der Waals surface area contributed by atoms with Gasteiger partial charge in [-0.1, -0.05) is 29.1 Å². The van der Waals surface area contributed by atoms with E-state index in [2.05, 4.69) is 11.2 Å². The van der Waals surface area contributed by atoms with Crippen molar-refractivity contribution >= 4 is 52.8 Å². The molecule has 6 nitrogen and oxygen atoms in total. The molecule has 9 heteroatoms. The van der Waals surface area contributed by atoms with Crippen molar-refractivity contribution in [1.29, 1.82) is 0 Å². The quantitative estimate of drug-likeness (QED) is 0.452. The molecule has 1 fully saturated rings. The lowest BCUT2D eigenvalue weighted by Gasteiger charge is -2.26. The number of benzene rings is 2. The Morgan fingerprint density at radius 2 is 1.86 bits per heavy atom. The molecule has 1 aliphatic heterocycles. The van der Waals surface area contributed by atoms with E-state index in [4.69, 9.17) is 34.4 Å². The second kappa shape index (κ2) is 8.35. The molecule has 0 saturated carbocycles. The lowest BCUT2D eigenvalue weighted by Crippen LogP contribution is -2.54. The third-order valence-corrected chi connectivity index (χ3v) is 4.32. The van der Waals surface area contributed by atoms with Crippen LogP contribution in [-0.4, -0.2) is 24.5 Å². The minimum absolute atomic E-state index is 0.0835. The number of amides is 4. The van der Waals surface area contributed by atoms with Gasteiger partial charge in [0.1, 0.15) is 23.7 Å². The van der Waals surface area contributed by atoms with Crippen LogP contribution in [0.2, 0.25) is 10.0 Å². The van der Waals surface area contributed by atoms with E-state index in [0.717, 1.165) is 12.1 Å². The van der Waals surface area contributed by atoms with Crippen LogP contribution >= 0.6 is 23.2 Å².